The topological polar surface area (TPSA) is 40.6 Å². The zero-order valence-electron chi connectivity index (χ0n) is 17.0. The van der Waals surface area contributed by atoms with Gasteiger partial charge in [-0.15, -0.1) is 0 Å². The summed E-state index contributed by atoms with van der Waals surface area (Å²) in [5, 5.41) is 0. The predicted molar refractivity (Wildman–Crippen MR) is 110 cm³/mol. The van der Waals surface area contributed by atoms with Crippen LogP contribution >= 0.6 is 0 Å². The molecule has 0 radical (unpaired) electrons. The third kappa shape index (κ3) is 3.91. The maximum Gasteiger partial charge on any atom is 0.225 e. The Morgan fingerprint density at radius 1 is 1.14 bits per heavy atom. The zero-order chi connectivity index (χ0) is 20.5. The average Bonchev–Trinajstić information content (AvgIpc) is 3.53. The van der Waals surface area contributed by atoms with Crippen LogP contribution in [0.15, 0.2) is 48.5 Å². The van der Waals surface area contributed by atoms with Crippen LogP contribution in [0.4, 0.5) is 4.39 Å². The fourth-order valence-corrected chi connectivity index (χ4v) is 4.57. The van der Waals surface area contributed by atoms with Crippen molar-refractivity contribution < 1.29 is 14.0 Å². The van der Waals surface area contributed by atoms with Gasteiger partial charge in [0.15, 0.2) is 0 Å². The number of fused-ring (bicyclic) bond motifs is 1. The van der Waals surface area contributed by atoms with Gasteiger partial charge >= 0.3 is 0 Å². The molecule has 0 bridgehead atoms. The Morgan fingerprint density at radius 2 is 1.83 bits per heavy atom. The third-order valence-electron chi connectivity index (χ3n) is 6.19. The third-order valence-corrected chi connectivity index (χ3v) is 6.19. The lowest BCUT2D eigenvalue weighted by Crippen LogP contribution is -2.43. The van der Waals surface area contributed by atoms with Crippen molar-refractivity contribution in [2.45, 2.75) is 57.7 Å². The number of amides is 2. The van der Waals surface area contributed by atoms with Crippen LogP contribution < -0.4 is 0 Å². The van der Waals surface area contributed by atoms with Crippen molar-refractivity contribution in [2.24, 2.45) is 0 Å². The van der Waals surface area contributed by atoms with E-state index in [-0.39, 0.29) is 42.2 Å². The average molecular weight is 394 g/mol. The van der Waals surface area contributed by atoms with Crippen LogP contribution in [0.3, 0.4) is 0 Å². The molecule has 4 nitrogen and oxygen atoms in total. The minimum absolute atomic E-state index is 0.0163. The van der Waals surface area contributed by atoms with Gasteiger partial charge in [0.05, 0.1) is 18.5 Å². The number of hydrogen-bond donors (Lipinski definition) is 0. The number of benzene rings is 2. The Labute approximate surface area is 171 Å². The lowest BCUT2D eigenvalue weighted by Gasteiger charge is -2.38. The number of carbonyl (C=O) groups excluding carboxylic acids is 2. The first-order valence-electron chi connectivity index (χ1n) is 10.4. The van der Waals surface area contributed by atoms with Gasteiger partial charge in [0.2, 0.25) is 11.8 Å². The molecule has 2 atom stereocenters. The fraction of sp³-hybridized carbons (Fsp3) is 0.417. The van der Waals surface area contributed by atoms with E-state index in [0.717, 1.165) is 24.8 Å². The molecule has 2 aromatic rings. The molecule has 1 heterocycles. The highest BCUT2D eigenvalue weighted by Crippen LogP contribution is 2.38. The fourth-order valence-electron chi connectivity index (χ4n) is 4.57. The molecule has 2 aromatic carbocycles. The van der Waals surface area contributed by atoms with E-state index in [0.29, 0.717) is 12.1 Å². The van der Waals surface area contributed by atoms with Crippen LogP contribution in [-0.2, 0) is 16.0 Å². The smallest absolute Gasteiger partial charge is 0.225 e. The Bertz CT molecular complexity index is 925. The monoisotopic (exact) mass is 394 g/mol. The van der Waals surface area contributed by atoms with E-state index in [1.54, 1.807) is 30.0 Å². The summed E-state index contributed by atoms with van der Waals surface area (Å²) in [5.41, 5.74) is 2.79. The molecule has 1 fully saturated rings. The Balaban J connectivity index is 1.62. The summed E-state index contributed by atoms with van der Waals surface area (Å²) < 4.78 is 14.4. The van der Waals surface area contributed by atoms with E-state index in [2.05, 4.69) is 6.07 Å². The van der Waals surface area contributed by atoms with Crippen molar-refractivity contribution in [3.8, 4) is 0 Å². The molecule has 0 N–H and O–H groups in total. The van der Waals surface area contributed by atoms with Crippen LogP contribution in [0.5, 0.6) is 0 Å². The normalized spacial score (nSPS) is 19.4. The molecule has 5 heteroatoms. The highest BCUT2D eigenvalue weighted by atomic mass is 19.1. The van der Waals surface area contributed by atoms with Crippen molar-refractivity contribution in [3.63, 3.8) is 0 Å². The van der Waals surface area contributed by atoms with Crippen molar-refractivity contribution in [1.29, 1.82) is 0 Å². The molecule has 1 aliphatic carbocycles. The first-order valence-corrected chi connectivity index (χ1v) is 10.4. The summed E-state index contributed by atoms with van der Waals surface area (Å²) in [5.74, 6) is -0.319. The zero-order valence-corrected chi connectivity index (χ0v) is 17.0. The minimum atomic E-state index is -0.333. The minimum Gasteiger partial charge on any atom is -0.335 e. The van der Waals surface area contributed by atoms with Gasteiger partial charge in [-0.1, -0.05) is 42.5 Å². The molecule has 152 valence electrons. The maximum absolute atomic E-state index is 14.4. The summed E-state index contributed by atoms with van der Waals surface area (Å²) in [6.07, 6.45) is 2.93. The van der Waals surface area contributed by atoms with Gasteiger partial charge in [-0.2, -0.15) is 0 Å². The summed E-state index contributed by atoms with van der Waals surface area (Å²) in [4.78, 5) is 29.4. The Kier molecular flexibility index (Phi) is 5.39. The Morgan fingerprint density at radius 3 is 2.52 bits per heavy atom. The van der Waals surface area contributed by atoms with Gasteiger partial charge in [0.25, 0.3) is 0 Å². The second-order valence-electron chi connectivity index (χ2n) is 8.11. The molecule has 0 spiro atoms. The molecule has 2 aliphatic rings. The highest BCUT2D eigenvalue weighted by Gasteiger charge is 2.39. The molecule has 1 saturated carbocycles. The first kappa shape index (κ1) is 19.6. The van der Waals surface area contributed by atoms with Gasteiger partial charge in [-0.3, -0.25) is 9.59 Å². The molecule has 0 aromatic heterocycles. The molecule has 2 unspecified atom stereocenters. The standard InChI is InChI=1S/C24H27FN2O2/c1-16(20-8-5-6-10-22(20)25)27(19-11-12-19)24(29)15-23-21-9-4-3-7-18(21)13-14-26(23)17(2)28/h3-10,16,19,23H,11-15H2,1-2H3. The molecule has 29 heavy (non-hydrogen) atoms. The van der Waals surface area contributed by atoms with Crippen molar-refractivity contribution in [3.05, 3.63) is 71.0 Å². The van der Waals surface area contributed by atoms with E-state index in [9.17, 15) is 14.0 Å². The number of hydrogen-bond acceptors (Lipinski definition) is 2. The number of rotatable bonds is 5. The molecule has 2 amide bonds. The SMILES string of the molecule is CC(=O)N1CCc2ccccc2C1CC(=O)N(C1CC1)C(C)c1ccccc1F. The van der Waals surface area contributed by atoms with Crippen molar-refractivity contribution in [1.82, 2.24) is 9.80 Å². The van der Waals surface area contributed by atoms with E-state index >= 15 is 0 Å². The van der Waals surface area contributed by atoms with Crippen molar-refractivity contribution >= 4 is 11.8 Å². The number of halogens is 1. The quantitative estimate of drug-likeness (QED) is 0.754. The summed E-state index contributed by atoms with van der Waals surface area (Å²) in [6.45, 7) is 4.08. The molecule has 4 rings (SSSR count). The van der Waals surface area contributed by atoms with Crippen LogP contribution in [0.25, 0.3) is 0 Å². The van der Waals surface area contributed by atoms with Crippen molar-refractivity contribution in [2.75, 3.05) is 6.54 Å². The van der Waals surface area contributed by atoms with Crippen LogP contribution in [0.1, 0.15) is 61.9 Å². The molecule has 0 saturated heterocycles. The van der Waals surface area contributed by atoms with Gasteiger partial charge < -0.3 is 9.80 Å². The molecular formula is C24H27FN2O2. The van der Waals surface area contributed by atoms with E-state index in [1.807, 2.05) is 30.0 Å². The summed E-state index contributed by atoms with van der Waals surface area (Å²) in [6, 6.07) is 14.3. The van der Waals surface area contributed by atoms with Gasteiger partial charge in [0, 0.05) is 25.1 Å². The predicted octanol–water partition coefficient (Wildman–Crippen LogP) is 4.41. The van der Waals surface area contributed by atoms with Crippen LogP contribution in [-0.4, -0.2) is 34.2 Å². The van der Waals surface area contributed by atoms with E-state index < -0.39 is 0 Å². The molecular weight excluding hydrogens is 367 g/mol. The van der Waals surface area contributed by atoms with Crippen LogP contribution in [0.2, 0.25) is 0 Å². The second-order valence-corrected chi connectivity index (χ2v) is 8.11. The van der Waals surface area contributed by atoms with Gasteiger partial charge in [-0.05, 0) is 43.4 Å². The van der Waals surface area contributed by atoms with Gasteiger partial charge in [-0.25, -0.2) is 4.39 Å². The second kappa shape index (κ2) is 7.97. The highest BCUT2D eigenvalue weighted by molar-refractivity contribution is 5.80. The maximum atomic E-state index is 14.4. The van der Waals surface area contributed by atoms with Crippen LogP contribution in [0, 0.1) is 5.82 Å². The largest absolute Gasteiger partial charge is 0.335 e. The van der Waals surface area contributed by atoms with E-state index in [4.69, 9.17) is 0 Å². The lowest BCUT2D eigenvalue weighted by atomic mass is 9.90. The molecule has 1 aliphatic heterocycles. The number of nitrogens with zero attached hydrogens (tertiary/aromatic N) is 2. The first-order chi connectivity index (χ1) is 14.0. The lowest BCUT2D eigenvalue weighted by molar-refractivity contribution is -0.138. The summed E-state index contributed by atoms with van der Waals surface area (Å²) >= 11 is 0. The summed E-state index contributed by atoms with van der Waals surface area (Å²) in [7, 11) is 0. The van der Waals surface area contributed by atoms with Gasteiger partial charge in [0.1, 0.15) is 5.82 Å². The number of carbonyl (C=O) groups is 2. The van der Waals surface area contributed by atoms with E-state index in [1.165, 1.54) is 11.6 Å². The Hall–Kier alpha value is -2.69.